The Balaban J connectivity index is 2.00. The van der Waals surface area contributed by atoms with E-state index in [1.54, 1.807) is 21.1 Å². The Morgan fingerprint density at radius 1 is 1.10 bits per heavy atom. The number of benzene rings is 1. The highest BCUT2D eigenvalue weighted by molar-refractivity contribution is 5.70. The van der Waals surface area contributed by atoms with E-state index in [4.69, 9.17) is 23.7 Å². The summed E-state index contributed by atoms with van der Waals surface area (Å²) in [5.41, 5.74) is 0.919. The summed E-state index contributed by atoms with van der Waals surface area (Å²) in [5.74, 6) is -3.28. The van der Waals surface area contributed by atoms with Crippen LogP contribution in [0.3, 0.4) is 0 Å². The average molecular weight is 553 g/mol. The van der Waals surface area contributed by atoms with Crippen molar-refractivity contribution in [1.82, 2.24) is 0 Å². The van der Waals surface area contributed by atoms with Crippen molar-refractivity contribution in [2.45, 2.75) is 95.3 Å². The van der Waals surface area contributed by atoms with Crippen molar-refractivity contribution in [1.29, 1.82) is 0 Å². The lowest BCUT2D eigenvalue weighted by molar-refractivity contribution is -0.345. The maximum atomic E-state index is 12.2. The van der Waals surface area contributed by atoms with Gasteiger partial charge in [-0.05, 0) is 25.3 Å². The van der Waals surface area contributed by atoms with Gasteiger partial charge in [0.25, 0.3) is 0 Å². The van der Waals surface area contributed by atoms with E-state index in [0.29, 0.717) is 6.42 Å². The third-order valence-electron chi connectivity index (χ3n) is 7.57. The van der Waals surface area contributed by atoms with Gasteiger partial charge in [-0.2, -0.15) is 0 Å². The first-order valence-corrected chi connectivity index (χ1v) is 13.8. The number of aliphatic hydroxyl groups is 3. The van der Waals surface area contributed by atoms with Crippen molar-refractivity contribution in [2.24, 2.45) is 11.8 Å². The Labute approximate surface area is 233 Å². The Morgan fingerprint density at radius 3 is 2.36 bits per heavy atom. The molecule has 0 saturated carbocycles. The summed E-state index contributed by atoms with van der Waals surface area (Å²) in [5, 5.41) is 32.5. The van der Waals surface area contributed by atoms with Crippen molar-refractivity contribution in [3.8, 4) is 0 Å². The van der Waals surface area contributed by atoms with E-state index in [1.807, 2.05) is 56.3 Å². The highest BCUT2D eigenvalue weighted by Gasteiger charge is 2.54. The topological polar surface area (TPSA) is 124 Å². The van der Waals surface area contributed by atoms with E-state index in [-0.39, 0.29) is 30.7 Å². The van der Waals surface area contributed by atoms with E-state index in [0.717, 1.165) is 24.8 Å². The molecule has 0 bridgehead atoms. The molecule has 39 heavy (non-hydrogen) atoms. The van der Waals surface area contributed by atoms with Gasteiger partial charge in [0.15, 0.2) is 0 Å². The van der Waals surface area contributed by atoms with Crippen LogP contribution in [-0.2, 0) is 28.5 Å². The normalized spacial score (nSPS) is 28.6. The van der Waals surface area contributed by atoms with Crippen LogP contribution in [0.25, 0.3) is 0 Å². The molecule has 0 aromatic heterocycles. The van der Waals surface area contributed by atoms with Crippen LogP contribution in [0.4, 0.5) is 0 Å². The zero-order chi connectivity index (χ0) is 29.0. The molecule has 1 aromatic carbocycles. The minimum Gasteiger partial charge on any atom is -0.466 e. The fourth-order valence-electron chi connectivity index (χ4n) is 5.31. The smallest absolute Gasteiger partial charge is 0.311 e. The highest BCUT2D eigenvalue weighted by atomic mass is 16.7. The molecule has 222 valence electrons. The van der Waals surface area contributed by atoms with Gasteiger partial charge < -0.3 is 39.0 Å². The van der Waals surface area contributed by atoms with E-state index < -0.39 is 42.6 Å². The van der Waals surface area contributed by atoms with Crippen LogP contribution in [0.5, 0.6) is 0 Å². The third-order valence-corrected chi connectivity index (χ3v) is 7.57. The molecule has 1 fully saturated rings. The predicted molar refractivity (Wildman–Crippen MR) is 147 cm³/mol. The first kappa shape index (κ1) is 33.4. The Kier molecular flexibility index (Phi) is 14.0. The number of hydrogen-bond acceptors (Lipinski definition) is 9. The first-order valence-electron chi connectivity index (χ1n) is 13.8. The van der Waals surface area contributed by atoms with E-state index in [9.17, 15) is 20.1 Å². The summed E-state index contributed by atoms with van der Waals surface area (Å²) >= 11 is 0. The van der Waals surface area contributed by atoms with Gasteiger partial charge in [-0.3, -0.25) is 4.79 Å². The molecule has 9 nitrogen and oxygen atoms in total. The number of aliphatic hydroxyl groups excluding tert-OH is 2. The molecule has 0 unspecified atom stereocenters. The van der Waals surface area contributed by atoms with Crippen LogP contribution in [0.15, 0.2) is 42.5 Å². The summed E-state index contributed by atoms with van der Waals surface area (Å²) < 4.78 is 27.8. The number of carbonyl (C=O) groups excluding carboxylic acids is 1. The van der Waals surface area contributed by atoms with Crippen LogP contribution < -0.4 is 0 Å². The van der Waals surface area contributed by atoms with Crippen molar-refractivity contribution >= 4 is 5.97 Å². The van der Waals surface area contributed by atoms with Gasteiger partial charge >= 0.3 is 5.97 Å². The molecule has 1 saturated heterocycles. The maximum Gasteiger partial charge on any atom is 0.311 e. The maximum absolute atomic E-state index is 12.2. The summed E-state index contributed by atoms with van der Waals surface area (Å²) in [6, 6.07) is 9.64. The van der Waals surface area contributed by atoms with Crippen LogP contribution >= 0.6 is 0 Å². The van der Waals surface area contributed by atoms with Gasteiger partial charge in [-0.25, -0.2) is 0 Å². The monoisotopic (exact) mass is 552 g/mol. The van der Waals surface area contributed by atoms with Gasteiger partial charge in [0.05, 0.1) is 31.0 Å². The molecular weight excluding hydrogens is 504 g/mol. The van der Waals surface area contributed by atoms with E-state index in [2.05, 4.69) is 0 Å². The lowest BCUT2D eigenvalue weighted by atomic mass is 9.80. The molecule has 9 heteroatoms. The van der Waals surface area contributed by atoms with E-state index >= 15 is 0 Å². The molecule has 3 N–H and O–H groups in total. The molecule has 2 rings (SSSR count). The van der Waals surface area contributed by atoms with Crippen molar-refractivity contribution in [3.63, 3.8) is 0 Å². The standard InChI is InChI=1S/C30H48O9/c1-7-38-26(32)19-30(34)29(37-6)27(33)21(3)28(39-30)20(2)17-18-25(36-5)24(35-4)16-12-11-15-23(31)22-13-9-8-10-14-22/h8-10,13-14,17-18,20-21,23-25,27-29,31,33-34H,7,11-12,15-16,19H2,1-6H3/b18-17+/t20-,21-,23-,24-,25+,27-,28-,29+,30+/m0/s1. The number of carbonyl (C=O) groups is 1. The summed E-state index contributed by atoms with van der Waals surface area (Å²) in [4.78, 5) is 12.2. The van der Waals surface area contributed by atoms with Gasteiger partial charge in [-0.15, -0.1) is 0 Å². The van der Waals surface area contributed by atoms with Gasteiger partial charge in [0, 0.05) is 33.2 Å². The number of unbranched alkanes of at least 4 members (excludes halogenated alkanes) is 1. The lowest BCUT2D eigenvalue weighted by Crippen LogP contribution is -2.63. The molecule has 1 aromatic rings. The lowest BCUT2D eigenvalue weighted by Gasteiger charge is -2.49. The van der Waals surface area contributed by atoms with Gasteiger partial charge in [0.2, 0.25) is 5.79 Å². The number of esters is 1. The Hall–Kier alpha value is -1.85. The fourth-order valence-corrected chi connectivity index (χ4v) is 5.31. The number of ether oxygens (including phenoxy) is 5. The average Bonchev–Trinajstić information content (AvgIpc) is 2.92. The summed E-state index contributed by atoms with van der Waals surface area (Å²) in [7, 11) is 4.63. The second kappa shape index (κ2) is 16.4. The molecule has 0 aliphatic carbocycles. The molecule has 1 aliphatic rings. The molecular formula is C30H48O9. The predicted octanol–water partition coefficient (Wildman–Crippen LogP) is 3.56. The molecule has 0 spiro atoms. The van der Waals surface area contributed by atoms with Crippen LogP contribution in [0.2, 0.25) is 0 Å². The van der Waals surface area contributed by atoms with Crippen LogP contribution in [-0.4, -0.2) is 85.5 Å². The zero-order valence-corrected chi connectivity index (χ0v) is 24.2. The van der Waals surface area contributed by atoms with E-state index in [1.165, 1.54) is 7.11 Å². The Bertz CT molecular complexity index is 863. The number of methoxy groups -OCH3 is 3. The van der Waals surface area contributed by atoms with Crippen molar-refractivity contribution in [2.75, 3.05) is 27.9 Å². The van der Waals surface area contributed by atoms with Crippen LogP contribution in [0, 0.1) is 11.8 Å². The highest BCUT2D eigenvalue weighted by Crippen LogP contribution is 2.39. The molecule has 9 atom stereocenters. The van der Waals surface area contributed by atoms with Crippen molar-refractivity contribution in [3.05, 3.63) is 48.0 Å². The van der Waals surface area contributed by atoms with Gasteiger partial charge in [-0.1, -0.05) is 69.2 Å². The SMILES string of the molecule is CCOC(=O)C[C@@]1(O)O[C@@H]([C@@H](C)/C=C/[C@@H](OC)[C@H](CCCC[C@H](O)c2ccccc2)OC)[C@@H](C)[C@H](O)[C@H]1OC. The van der Waals surface area contributed by atoms with Crippen LogP contribution in [0.1, 0.15) is 64.5 Å². The second-order valence-electron chi connectivity index (χ2n) is 10.3. The molecule has 1 aliphatic heterocycles. The zero-order valence-electron chi connectivity index (χ0n) is 24.2. The third kappa shape index (κ3) is 9.35. The minimum absolute atomic E-state index is 0.167. The Morgan fingerprint density at radius 2 is 1.77 bits per heavy atom. The molecule has 0 amide bonds. The summed E-state index contributed by atoms with van der Waals surface area (Å²) in [6.45, 7) is 5.59. The fraction of sp³-hybridized carbons (Fsp3) is 0.700. The second-order valence-corrected chi connectivity index (χ2v) is 10.3. The number of rotatable bonds is 16. The first-order chi connectivity index (χ1) is 18.6. The molecule has 0 radical (unpaired) electrons. The van der Waals surface area contributed by atoms with Gasteiger partial charge in [0.1, 0.15) is 18.6 Å². The summed E-state index contributed by atoms with van der Waals surface area (Å²) in [6.07, 6.45) is 2.73. The molecule has 1 heterocycles. The minimum atomic E-state index is -2.03. The van der Waals surface area contributed by atoms with Crippen molar-refractivity contribution < 1.29 is 43.8 Å². The largest absolute Gasteiger partial charge is 0.466 e. The quantitative estimate of drug-likeness (QED) is 0.160. The number of hydrogen-bond donors (Lipinski definition) is 3.